The molecule has 0 saturated carbocycles. The first kappa shape index (κ1) is 23.2. The first-order valence-electron chi connectivity index (χ1n) is 10.4. The van der Waals surface area contributed by atoms with Crippen LogP contribution in [0, 0.1) is 5.82 Å². The number of nitrogens with zero attached hydrogens (tertiary/aromatic N) is 3. The molecular formula is C25H24FN3O2S2. The van der Waals surface area contributed by atoms with Crippen LogP contribution in [0.15, 0.2) is 83.1 Å². The maximum atomic E-state index is 13.6. The molecule has 0 bridgehead atoms. The molecule has 0 amide bonds. The van der Waals surface area contributed by atoms with Crippen molar-refractivity contribution in [1.82, 2.24) is 14.5 Å². The van der Waals surface area contributed by atoms with Crippen molar-refractivity contribution in [3.63, 3.8) is 0 Å². The van der Waals surface area contributed by atoms with E-state index in [2.05, 4.69) is 23.4 Å². The minimum absolute atomic E-state index is 0.0857. The van der Waals surface area contributed by atoms with Gasteiger partial charge in [-0.1, -0.05) is 30.0 Å². The van der Waals surface area contributed by atoms with Crippen LogP contribution in [0.2, 0.25) is 0 Å². The van der Waals surface area contributed by atoms with E-state index in [0.29, 0.717) is 10.6 Å². The van der Waals surface area contributed by atoms with E-state index in [1.165, 1.54) is 30.2 Å². The van der Waals surface area contributed by atoms with Gasteiger partial charge in [0.2, 0.25) is 0 Å². The largest absolute Gasteiger partial charge is 0.316 e. The number of halogens is 1. The highest BCUT2D eigenvalue weighted by Crippen LogP contribution is 2.39. The summed E-state index contributed by atoms with van der Waals surface area (Å²) >= 11 is 1.48. The number of imidazole rings is 1. The third-order valence-electron chi connectivity index (χ3n) is 5.20. The standard InChI is InChI=1S/C25H24FN3O2S2/c1-17(2)29-24(19-12-14-27-15-13-19)23(18-8-10-21(26)11-9-18)28-25(29)32-16-20-6-4-5-7-22(20)33(3,30)31/h4-15,17H,16H2,1-3H3. The molecular weight excluding hydrogens is 457 g/mol. The van der Waals surface area contributed by atoms with Crippen molar-refractivity contribution in [3.05, 3.63) is 84.4 Å². The molecule has 8 heteroatoms. The van der Waals surface area contributed by atoms with E-state index in [9.17, 15) is 12.8 Å². The van der Waals surface area contributed by atoms with E-state index < -0.39 is 9.84 Å². The molecule has 0 aliphatic rings. The van der Waals surface area contributed by atoms with Gasteiger partial charge in [-0.2, -0.15) is 0 Å². The van der Waals surface area contributed by atoms with Crippen molar-refractivity contribution in [2.45, 2.75) is 35.7 Å². The molecule has 0 spiro atoms. The Balaban J connectivity index is 1.84. The molecule has 4 rings (SSSR count). The van der Waals surface area contributed by atoms with Gasteiger partial charge >= 0.3 is 0 Å². The van der Waals surface area contributed by atoms with Crippen LogP contribution in [0.3, 0.4) is 0 Å². The fraction of sp³-hybridized carbons (Fsp3) is 0.200. The highest BCUT2D eigenvalue weighted by atomic mass is 32.2. The number of rotatable bonds is 7. The fourth-order valence-electron chi connectivity index (χ4n) is 3.71. The summed E-state index contributed by atoms with van der Waals surface area (Å²) < 4.78 is 40.2. The van der Waals surface area contributed by atoms with Gasteiger partial charge in [0.05, 0.1) is 16.3 Å². The van der Waals surface area contributed by atoms with Crippen LogP contribution in [-0.4, -0.2) is 29.2 Å². The van der Waals surface area contributed by atoms with Gasteiger partial charge < -0.3 is 4.57 Å². The zero-order valence-electron chi connectivity index (χ0n) is 18.6. The number of benzene rings is 2. The van der Waals surface area contributed by atoms with E-state index >= 15 is 0 Å². The van der Waals surface area contributed by atoms with Crippen LogP contribution in [0.4, 0.5) is 4.39 Å². The summed E-state index contributed by atoms with van der Waals surface area (Å²) in [4.78, 5) is 9.41. The van der Waals surface area contributed by atoms with Crippen molar-refractivity contribution in [1.29, 1.82) is 0 Å². The predicted molar refractivity (Wildman–Crippen MR) is 130 cm³/mol. The Morgan fingerprint density at radius 2 is 1.64 bits per heavy atom. The minimum atomic E-state index is -3.34. The van der Waals surface area contributed by atoms with E-state index in [1.807, 2.05) is 24.3 Å². The van der Waals surface area contributed by atoms with E-state index in [1.54, 1.807) is 36.7 Å². The number of hydrogen-bond acceptors (Lipinski definition) is 5. The van der Waals surface area contributed by atoms with Crippen molar-refractivity contribution in [3.8, 4) is 22.5 Å². The van der Waals surface area contributed by atoms with Crippen molar-refractivity contribution < 1.29 is 12.8 Å². The second kappa shape index (κ2) is 9.49. The number of sulfone groups is 1. The monoisotopic (exact) mass is 481 g/mol. The Morgan fingerprint density at radius 1 is 0.970 bits per heavy atom. The van der Waals surface area contributed by atoms with Crippen molar-refractivity contribution in [2.75, 3.05) is 6.26 Å². The number of hydrogen-bond donors (Lipinski definition) is 0. The van der Waals surface area contributed by atoms with Crippen molar-refractivity contribution in [2.24, 2.45) is 0 Å². The lowest BCUT2D eigenvalue weighted by Gasteiger charge is -2.16. The molecule has 0 saturated heterocycles. The fourth-order valence-corrected chi connectivity index (χ4v) is 5.88. The van der Waals surface area contributed by atoms with E-state index in [4.69, 9.17) is 4.98 Å². The first-order chi connectivity index (χ1) is 15.8. The van der Waals surface area contributed by atoms with Crippen LogP contribution in [0.5, 0.6) is 0 Å². The molecule has 170 valence electrons. The van der Waals surface area contributed by atoms with Gasteiger partial charge in [-0.25, -0.2) is 17.8 Å². The summed E-state index contributed by atoms with van der Waals surface area (Å²) in [5.74, 6) is 0.144. The van der Waals surface area contributed by atoms with Gasteiger partial charge in [0.25, 0.3) is 0 Å². The normalized spacial score (nSPS) is 11.8. The van der Waals surface area contributed by atoms with Crippen LogP contribution in [0.1, 0.15) is 25.5 Å². The zero-order chi connectivity index (χ0) is 23.6. The minimum Gasteiger partial charge on any atom is -0.316 e. The smallest absolute Gasteiger partial charge is 0.175 e. The third-order valence-corrected chi connectivity index (χ3v) is 7.39. The topological polar surface area (TPSA) is 64.8 Å². The highest BCUT2D eigenvalue weighted by molar-refractivity contribution is 7.98. The number of thioether (sulfide) groups is 1. The molecule has 0 atom stereocenters. The van der Waals surface area contributed by atoms with Gasteiger partial charge in [-0.05, 0) is 61.9 Å². The van der Waals surface area contributed by atoms with Gasteiger partial charge in [0, 0.05) is 41.6 Å². The summed E-state index contributed by atoms with van der Waals surface area (Å²) in [6, 6.07) is 17.3. The molecule has 2 aromatic carbocycles. The first-order valence-corrected chi connectivity index (χ1v) is 13.3. The predicted octanol–water partition coefficient (Wildman–Crippen LogP) is 6.03. The lowest BCUT2D eigenvalue weighted by molar-refractivity contribution is 0.555. The quantitative estimate of drug-likeness (QED) is 0.302. The second-order valence-corrected chi connectivity index (χ2v) is 10.9. The van der Waals surface area contributed by atoms with E-state index in [0.717, 1.165) is 33.2 Å². The average molecular weight is 482 g/mol. The Labute approximate surface area is 197 Å². The van der Waals surface area contributed by atoms with Crippen molar-refractivity contribution >= 4 is 21.6 Å². The molecule has 0 aliphatic carbocycles. The molecule has 2 aromatic heterocycles. The van der Waals surface area contributed by atoms with Crippen LogP contribution >= 0.6 is 11.8 Å². The summed E-state index contributed by atoms with van der Waals surface area (Å²) in [6.07, 6.45) is 4.69. The average Bonchev–Trinajstić information content (AvgIpc) is 3.18. The Kier molecular flexibility index (Phi) is 6.67. The van der Waals surface area contributed by atoms with Crippen LogP contribution in [0.25, 0.3) is 22.5 Å². The Morgan fingerprint density at radius 3 is 2.27 bits per heavy atom. The zero-order valence-corrected chi connectivity index (χ0v) is 20.2. The van der Waals surface area contributed by atoms with Gasteiger partial charge in [-0.3, -0.25) is 4.98 Å². The van der Waals surface area contributed by atoms with Gasteiger partial charge in [0.1, 0.15) is 5.82 Å². The molecule has 0 aliphatic heterocycles. The van der Waals surface area contributed by atoms with Gasteiger partial charge in [0.15, 0.2) is 15.0 Å². The molecule has 0 N–H and O–H groups in total. The maximum absolute atomic E-state index is 13.6. The molecule has 2 heterocycles. The van der Waals surface area contributed by atoms with Crippen LogP contribution < -0.4 is 0 Å². The Bertz CT molecular complexity index is 1370. The number of pyridine rings is 1. The maximum Gasteiger partial charge on any atom is 0.175 e. The Hall–Kier alpha value is -2.97. The summed E-state index contributed by atoms with van der Waals surface area (Å²) in [7, 11) is -3.34. The molecule has 5 nitrogen and oxygen atoms in total. The van der Waals surface area contributed by atoms with E-state index in [-0.39, 0.29) is 11.9 Å². The molecule has 0 fully saturated rings. The number of aromatic nitrogens is 3. The molecule has 0 unspecified atom stereocenters. The second-order valence-electron chi connectivity index (χ2n) is 7.97. The summed E-state index contributed by atoms with van der Waals surface area (Å²) in [5, 5.41) is 0.763. The molecule has 33 heavy (non-hydrogen) atoms. The highest BCUT2D eigenvalue weighted by Gasteiger charge is 2.23. The van der Waals surface area contributed by atoms with Crippen LogP contribution in [-0.2, 0) is 15.6 Å². The molecule has 4 aromatic rings. The van der Waals surface area contributed by atoms with Gasteiger partial charge in [-0.15, -0.1) is 0 Å². The molecule has 0 radical (unpaired) electrons. The summed E-state index contributed by atoms with van der Waals surface area (Å²) in [6.45, 7) is 4.16. The lowest BCUT2D eigenvalue weighted by Crippen LogP contribution is -2.06. The third kappa shape index (κ3) is 5.02. The SMILES string of the molecule is CC(C)n1c(SCc2ccccc2S(C)(=O)=O)nc(-c2ccc(F)cc2)c1-c1ccncc1. The summed E-state index contributed by atoms with van der Waals surface area (Å²) in [5.41, 5.74) is 4.15. The lowest BCUT2D eigenvalue weighted by atomic mass is 10.1.